The van der Waals surface area contributed by atoms with Crippen molar-refractivity contribution in [3.8, 4) is 39.4 Å². The number of rotatable bonds is 14. The molecule has 0 bridgehead atoms. The van der Waals surface area contributed by atoms with Gasteiger partial charge in [-0.2, -0.15) is 0 Å². The lowest BCUT2D eigenvalue weighted by Gasteiger charge is -2.45. The van der Waals surface area contributed by atoms with Crippen LogP contribution in [-0.4, -0.2) is 95.9 Å². The first-order valence-electron chi connectivity index (χ1n) is 19.7. The predicted molar refractivity (Wildman–Crippen MR) is 218 cm³/mol. The van der Waals surface area contributed by atoms with Crippen molar-refractivity contribution < 1.29 is 9.47 Å². The van der Waals surface area contributed by atoms with Gasteiger partial charge in [-0.1, -0.05) is 12.1 Å². The first-order valence-corrected chi connectivity index (χ1v) is 19.7. The average molecular weight is 752 g/mol. The van der Waals surface area contributed by atoms with Crippen molar-refractivity contribution in [3.05, 3.63) is 116 Å². The first-order chi connectivity index (χ1) is 27.6. The third-order valence-electron chi connectivity index (χ3n) is 10.5. The number of ether oxygens (including phenoxy) is 2. The van der Waals surface area contributed by atoms with Gasteiger partial charge in [-0.25, -0.2) is 24.9 Å². The molecule has 0 unspecified atom stereocenters. The summed E-state index contributed by atoms with van der Waals surface area (Å²) in [5.41, 5.74) is 9.48. The molecule has 2 saturated heterocycles. The molecule has 1 N–H and O–H groups in total. The number of nitrogens with one attached hydrogen (secondary N) is 1. The zero-order valence-corrected chi connectivity index (χ0v) is 32.1. The van der Waals surface area contributed by atoms with E-state index in [1.54, 1.807) is 12.4 Å². The van der Waals surface area contributed by atoms with Crippen molar-refractivity contribution >= 4 is 11.9 Å². The molecule has 2 fully saturated rings. The van der Waals surface area contributed by atoms with E-state index >= 15 is 0 Å². The van der Waals surface area contributed by atoms with Gasteiger partial charge in [0.15, 0.2) is 0 Å². The summed E-state index contributed by atoms with van der Waals surface area (Å²) < 4.78 is 14.4. The van der Waals surface area contributed by atoms with Crippen molar-refractivity contribution in [2.75, 3.05) is 49.7 Å². The molecule has 7 heterocycles. The fraction of sp³-hybridized carbons (Fsp3) is 0.349. The van der Waals surface area contributed by atoms with Gasteiger partial charge in [0, 0.05) is 129 Å². The van der Waals surface area contributed by atoms with Crippen LogP contribution in [0.3, 0.4) is 0 Å². The van der Waals surface area contributed by atoms with Gasteiger partial charge in [0.1, 0.15) is 17.2 Å². The van der Waals surface area contributed by atoms with E-state index in [-0.39, 0.29) is 0 Å². The minimum atomic E-state index is 0.298. The molecule has 2 aliphatic rings. The third kappa shape index (κ3) is 8.64. The van der Waals surface area contributed by atoms with E-state index < -0.39 is 0 Å². The number of likely N-dealkylation sites (tertiary alicyclic amines) is 1. The summed E-state index contributed by atoms with van der Waals surface area (Å²) in [6.07, 6.45) is 22.8. The number of benzene rings is 1. The Morgan fingerprint density at radius 1 is 0.661 bits per heavy atom. The van der Waals surface area contributed by atoms with Gasteiger partial charge in [0.2, 0.25) is 11.9 Å². The molecule has 288 valence electrons. The van der Waals surface area contributed by atoms with Crippen LogP contribution in [0.2, 0.25) is 0 Å². The maximum Gasteiger partial charge on any atom is 0.237 e. The number of anilines is 2. The number of piperidine rings is 2. The van der Waals surface area contributed by atoms with Crippen LogP contribution >= 0.6 is 0 Å². The molecular formula is C43H49N11O2. The van der Waals surface area contributed by atoms with Crippen LogP contribution in [-0.2, 0) is 6.54 Å². The van der Waals surface area contributed by atoms with Crippen molar-refractivity contribution in [1.29, 1.82) is 0 Å². The topological polar surface area (TPSA) is 122 Å². The highest BCUT2D eigenvalue weighted by atomic mass is 16.5. The fourth-order valence-corrected chi connectivity index (χ4v) is 7.84. The summed E-state index contributed by atoms with van der Waals surface area (Å²) in [6.45, 7) is 9.68. The van der Waals surface area contributed by atoms with Gasteiger partial charge >= 0.3 is 0 Å². The van der Waals surface area contributed by atoms with E-state index in [1.165, 1.54) is 5.56 Å². The van der Waals surface area contributed by atoms with Crippen molar-refractivity contribution in [1.82, 2.24) is 44.4 Å². The quantitative estimate of drug-likeness (QED) is 0.124. The van der Waals surface area contributed by atoms with Gasteiger partial charge in [0.05, 0.1) is 13.2 Å². The zero-order valence-electron chi connectivity index (χ0n) is 32.1. The minimum Gasteiger partial charge on any atom is -0.492 e. The minimum absolute atomic E-state index is 0.298. The molecule has 0 radical (unpaired) electrons. The lowest BCUT2D eigenvalue weighted by Crippen LogP contribution is -2.53. The van der Waals surface area contributed by atoms with Gasteiger partial charge < -0.3 is 18.9 Å². The van der Waals surface area contributed by atoms with Crippen LogP contribution in [0.5, 0.6) is 11.5 Å². The number of hydrogen-bond acceptors (Lipinski definition) is 12. The number of aromatic nitrogens is 7. The first kappa shape index (κ1) is 37.0. The molecule has 0 saturated carbocycles. The number of nitrogens with zero attached hydrogens (tertiary/aromatic N) is 10. The van der Waals surface area contributed by atoms with Crippen LogP contribution in [0.15, 0.2) is 110 Å². The van der Waals surface area contributed by atoms with E-state index in [1.807, 2.05) is 99.8 Å². The molecule has 6 aromatic rings. The Morgan fingerprint density at radius 3 is 1.71 bits per heavy atom. The average Bonchev–Trinajstić information content (AvgIpc) is 3.78. The SMILES string of the molecule is CCOc1cc(CN2CCC(N(c3ncc(-c4cccnc4)cn3)C3CCN(Nc4ncc(-c5cccnc5)cn4)CC3)CC2)cc(OCC)c1-n1cccc1. The number of hydrogen-bond donors (Lipinski definition) is 1. The molecule has 0 atom stereocenters. The van der Waals surface area contributed by atoms with Gasteiger partial charge in [-0.3, -0.25) is 20.3 Å². The smallest absolute Gasteiger partial charge is 0.237 e. The second-order valence-electron chi connectivity index (χ2n) is 14.2. The van der Waals surface area contributed by atoms with E-state index in [4.69, 9.17) is 19.4 Å². The zero-order chi connectivity index (χ0) is 38.1. The molecule has 2 aliphatic heterocycles. The monoisotopic (exact) mass is 751 g/mol. The molecule has 0 spiro atoms. The predicted octanol–water partition coefficient (Wildman–Crippen LogP) is 6.94. The maximum atomic E-state index is 6.18. The van der Waals surface area contributed by atoms with Crippen LogP contribution in [0.1, 0.15) is 45.1 Å². The largest absolute Gasteiger partial charge is 0.492 e. The van der Waals surface area contributed by atoms with Gasteiger partial charge in [0.25, 0.3) is 0 Å². The van der Waals surface area contributed by atoms with Crippen molar-refractivity contribution in [3.63, 3.8) is 0 Å². The van der Waals surface area contributed by atoms with Crippen LogP contribution < -0.4 is 19.8 Å². The van der Waals surface area contributed by atoms with Gasteiger partial charge in [-0.05, 0) is 81.5 Å². The van der Waals surface area contributed by atoms with E-state index in [0.29, 0.717) is 31.2 Å². The molecule has 13 heteroatoms. The third-order valence-corrected chi connectivity index (χ3v) is 10.5. The molecule has 0 aliphatic carbocycles. The van der Waals surface area contributed by atoms with E-state index in [2.05, 4.69) is 56.9 Å². The highest BCUT2D eigenvalue weighted by molar-refractivity contribution is 5.62. The van der Waals surface area contributed by atoms with Crippen LogP contribution in [0.4, 0.5) is 11.9 Å². The van der Waals surface area contributed by atoms with Crippen LogP contribution in [0.25, 0.3) is 27.9 Å². The second kappa shape index (κ2) is 17.7. The van der Waals surface area contributed by atoms with Crippen molar-refractivity contribution in [2.45, 2.75) is 58.2 Å². The molecule has 56 heavy (non-hydrogen) atoms. The molecule has 8 rings (SSSR count). The van der Waals surface area contributed by atoms with E-state index in [0.717, 1.165) is 104 Å². The number of hydrazine groups is 1. The highest BCUT2D eigenvalue weighted by Crippen LogP contribution is 2.36. The summed E-state index contributed by atoms with van der Waals surface area (Å²) in [7, 11) is 0. The molecular weight excluding hydrogens is 703 g/mol. The van der Waals surface area contributed by atoms with Crippen molar-refractivity contribution in [2.24, 2.45) is 0 Å². The standard InChI is InChI=1S/C43H49N11O2/c1-3-55-39-23-32(24-40(56-4-2)41(39)52-17-5-6-18-52)31-51-19-11-37(12-20-51)54(43-48-29-36(30-49-43)34-10-8-16-45-26-34)38-13-21-53(22-14-38)50-42-46-27-35(28-47-42)33-9-7-15-44-25-33/h5-10,15-18,23-30,37-38H,3-4,11-14,19-22,31H2,1-2H3,(H,46,47,50). The molecule has 5 aromatic heterocycles. The Hall–Kier alpha value is -5.92. The summed E-state index contributed by atoms with van der Waals surface area (Å²) in [5, 5.41) is 2.22. The molecule has 1 aromatic carbocycles. The molecule has 13 nitrogen and oxygen atoms in total. The Balaban J connectivity index is 0.956. The normalized spacial score (nSPS) is 15.8. The Kier molecular flexibility index (Phi) is 11.7. The van der Waals surface area contributed by atoms with E-state index in [9.17, 15) is 0 Å². The Bertz CT molecular complexity index is 2080. The second-order valence-corrected chi connectivity index (χ2v) is 14.2. The highest BCUT2D eigenvalue weighted by Gasteiger charge is 2.34. The molecule has 0 amide bonds. The summed E-state index contributed by atoms with van der Waals surface area (Å²) in [4.78, 5) is 32.7. The van der Waals surface area contributed by atoms with Crippen LogP contribution in [0, 0.1) is 0 Å². The lowest BCUT2D eigenvalue weighted by molar-refractivity contribution is 0.183. The van der Waals surface area contributed by atoms with Gasteiger partial charge in [-0.15, -0.1) is 0 Å². The summed E-state index contributed by atoms with van der Waals surface area (Å²) in [6, 6.07) is 16.9. The summed E-state index contributed by atoms with van der Waals surface area (Å²) >= 11 is 0. The Labute approximate surface area is 328 Å². The lowest BCUT2D eigenvalue weighted by atomic mass is 9.96. The Morgan fingerprint density at radius 2 is 1.20 bits per heavy atom. The number of pyridine rings is 2. The maximum absolute atomic E-state index is 6.18. The summed E-state index contributed by atoms with van der Waals surface area (Å²) in [5.74, 6) is 3.06. The fourth-order valence-electron chi connectivity index (χ4n) is 7.84.